The molecule has 0 aromatic heterocycles. The third-order valence-electron chi connectivity index (χ3n) is 2.65. The summed E-state index contributed by atoms with van der Waals surface area (Å²) in [4.78, 5) is 0.0875. The maximum atomic E-state index is 12.6. The van der Waals surface area contributed by atoms with Crippen molar-refractivity contribution in [1.29, 1.82) is 0 Å². The van der Waals surface area contributed by atoms with Gasteiger partial charge in [-0.05, 0) is 12.1 Å². The van der Waals surface area contributed by atoms with Gasteiger partial charge in [0.15, 0.2) is 0 Å². The highest BCUT2D eigenvalue weighted by Gasteiger charge is 2.26. The highest BCUT2D eigenvalue weighted by molar-refractivity contribution is 7.89. The number of sulfonamides is 1. The van der Waals surface area contributed by atoms with Gasteiger partial charge in [0.05, 0.1) is 14.2 Å². The van der Waals surface area contributed by atoms with Crippen LogP contribution in [0.3, 0.4) is 0 Å². The average molecular weight is 297 g/mol. The summed E-state index contributed by atoms with van der Waals surface area (Å²) in [6.07, 6.45) is 3.05. The van der Waals surface area contributed by atoms with Crippen molar-refractivity contribution in [1.82, 2.24) is 4.31 Å². The van der Waals surface area contributed by atoms with Crippen molar-refractivity contribution in [2.45, 2.75) is 4.90 Å². The lowest BCUT2D eigenvalue weighted by Crippen LogP contribution is -2.31. The Morgan fingerprint density at radius 1 is 1.15 bits per heavy atom. The van der Waals surface area contributed by atoms with Crippen LogP contribution in [0.25, 0.3) is 0 Å². The molecule has 1 aromatic rings. The lowest BCUT2D eigenvalue weighted by atomic mass is 10.3. The number of nitrogens with zero attached hydrogens (tertiary/aromatic N) is 1. The molecule has 0 fully saturated rings. The Bertz CT molecular complexity index is 571. The van der Waals surface area contributed by atoms with E-state index in [2.05, 4.69) is 13.2 Å². The highest BCUT2D eigenvalue weighted by atomic mass is 32.2. The van der Waals surface area contributed by atoms with Crippen LogP contribution in [0.15, 0.2) is 48.4 Å². The predicted octanol–water partition coefficient (Wildman–Crippen LogP) is 2.07. The van der Waals surface area contributed by atoms with E-state index in [0.717, 1.165) is 0 Å². The molecule has 0 aliphatic rings. The molecule has 0 heterocycles. The molecule has 110 valence electrons. The summed E-state index contributed by atoms with van der Waals surface area (Å²) in [6, 6.07) is 4.58. The third kappa shape index (κ3) is 3.40. The molecule has 0 unspecified atom stereocenters. The minimum Gasteiger partial charge on any atom is -0.497 e. The van der Waals surface area contributed by atoms with Crippen LogP contribution in [-0.2, 0) is 10.0 Å². The largest absolute Gasteiger partial charge is 0.497 e. The zero-order valence-corrected chi connectivity index (χ0v) is 12.5. The molecule has 0 aliphatic heterocycles. The monoisotopic (exact) mass is 297 g/mol. The van der Waals surface area contributed by atoms with Crippen molar-refractivity contribution in [3.63, 3.8) is 0 Å². The van der Waals surface area contributed by atoms with Crippen molar-refractivity contribution >= 4 is 10.0 Å². The van der Waals surface area contributed by atoms with Crippen LogP contribution in [0.2, 0.25) is 0 Å². The van der Waals surface area contributed by atoms with Crippen molar-refractivity contribution in [3.05, 3.63) is 43.5 Å². The van der Waals surface area contributed by atoms with Crippen molar-refractivity contribution < 1.29 is 17.9 Å². The van der Waals surface area contributed by atoms with Gasteiger partial charge in [0.2, 0.25) is 10.0 Å². The molecule has 0 spiro atoms. The molecule has 0 saturated heterocycles. The molecule has 0 radical (unpaired) electrons. The molecule has 1 rings (SSSR count). The lowest BCUT2D eigenvalue weighted by Gasteiger charge is -2.20. The van der Waals surface area contributed by atoms with Gasteiger partial charge in [-0.2, -0.15) is 4.31 Å². The zero-order chi connectivity index (χ0) is 15.2. The molecule has 0 saturated carbocycles. The van der Waals surface area contributed by atoms with Gasteiger partial charge in [-0.3, -0.25) is 0 Å². The van der Waals surface area contributed by atoms with Crippen LogP contribution in [0, 0.1) is 0 Å². The highest BCUT2D eigenvalue weighted by Crippen LogP contribution is 2.30. The maximum absolute atomic E-state index is 12.6. The molecule has 20 heavy (non-hydrogen) atoms. The van der Waals surface area contributed by atoms with E-state index in [0.29, 0.717) is 5.75 Å². The van der Waals surface area contributed by atoms with Crippen LogP contribution in [-0.4, -0.2) is 40.0 Å². The summed E-state index contributed by atoms with van der Waals surface area (Å²) in [7, 11) is -0.762. The molecule has 0 N–H and O–H groups in total. The van der Waals surface area contributed by atoms with E-state index in [1.807, 2.05) is 0 Å². The van der Waals surface area contributed by atoms with Gasteiger partial charge >= 0.3 is 0 Å². The molecule has 0 atom stereocenters. The van der Waals surface area contributed by atoms with Gasteiger partial charge in [-0.1, -0.05) is 12.2 Å². The van der Waals surface area contributed by atoms with E-state index in [1.165, 1.54) is 42.8 Å². The van der Waals surface area contributed by atoms with Crippen molar-refractivity contribution in [2.24, 2.45) is 0 Å². The van der Waals surface area contributed by atoms with E-state index in [1.54, 1.807) is 6.07 Å². The van der Waals surface area contributed by atoms with E-state index in [9.17, 15) is 8.42 Å². The summed E-state index contributed by atoms with van der Waals surface area (Å²) in [6.45, 7) is 7.53. The third-order valence-corrected chi connectivity index (χ3v) is 4.53. The Morgan fingerprint density at radius 3 is 2.20 bits per heavy atom. The van der Waals surface area contributed by atoms with Crippen LogP contribution >= 0.6 is 0 Å². The van der Waals surface area contributed by atoms with Crippen LogP contribution in [0.1, 0.15) is 0 Å². The molecule has 1 aromatic carbocycles. The molecule has 0 amide bonds. The molecular formula is C14H19NO4S. The Morgan fingerprint density at radius 2 is 1.75 bits per heavy atom. The van der Waals surface area contributed by atoms with Gasteiger partial charge in [0.1, 0.15) is 16.4 Å². The minimum absolute atomic E-state index is 0.0875. The first-order chi connectivity index (χ1) is 9.51. The van der Waals surface area contributed by atoms with E-state index < -0.39 is 10.0 Å². The second-order valence-corrected chi connectivity index (χ2v) is 5.82. The fourth-order valence-corrected chi connectivity index (χ4v) is 3.20. The van der Waals surface area contributed by atoms with Gasteiger partial charge in [-0.25, -0.2) is 8.42 Å². The Hall–Kier alpha value is -1.79. The molecule has 0 bridgehead atoms. The number of hydrogen-bond donors (Lipinski definition) is 0. The first-order valence-electron chi connectivity index (χ1n) is 5.95. The number of hydrogen-bond acceptors (Lipinski definition) is 4. The van der Waals surface area contributed by atoms with Crippen LogP contribution in [0.4, 0.5) is 0 Å². The number of rotatable bonds is 8. The summed E-state index contributed by atoms with van der Waals surface area (Å²) < 4.78 is 36.7. The smallest absolute Gasteiger partial charge is 0.247 e. The average Bonchev–Trinajstić information content (AvgIpc) is 2.46. The quantitative estimate of drug-likeness (QED) is 0.689. The SMILES string of the molecule is C=CCN(CC=C)S(=O)(=O)c1ccc(OC)cc1OC. The van der Waals surface area contributed by atoms with Gasteiger partial charge in [0.25, 0.3) is 0 Å². The Labute approximate surface area is 120 Å². The fraction of sp³-hybridized carbons (Fsp3) is 0.286. The van der Waals surface area contributed by atoms with E-state index in [-0.39, 0.29) is 23.7 Å². The first kappa shape index (κ1) is 16.3. The molecular weight excluding hydrogens is 278 g/mol. The Balaban J connectivity index is 3.32. The molecule has 0 aliphatic carbocycles. The standard InChI is InChI=1S/C14H19NO4S/c1-5-9-15(10-6-2)20(16,17)14-8-7-12(18-3)11-13(14)19-4/h5-8,11H,1-2,9-10H2,3-4H3. The first-order valence-corrected chi connectivity index (χ1v) is 7.39. The van der Waals surface area contributed by atoms with Gasteiger partial charge < -0.3 is 9.47 Å². The lowest BCUT2D eigenvalue weighted by molar-refractivity contribution is 0.383. The van der Waals surface area contributed by atoms with E-state index in [4.69, 9.17) is 9.47 Å². The van der Waals surface area contributed by atoms with E-state index >= 15 is 0 Å². The topological polar surface area (TPSA) is 55.8 Å². The molecule has 6 heteroatoms. The number of ether oxygens (including phenoxy) is 2. The fourth-order valence-electron chi connectivity index (χ4n) is 1.69. The number of benzene rings is 1. The summed E-state index contributed by atoms with van der Waals surface area (Å²) in [5, 5.41) is 0. The normalized spacial score (nSPS) is 11.2. The number of methoxy groups -OCH3 is 2. The predicted molar refractivity (Wildman–Crippen MR) is 78.7 cm³/mol. The minimum atomic E-state index is -3.68. The maximum Gasteiger partial charge on any atom is 0.247 e. The van der Waals surface area contributed by atoms with Gasteiger partial charge in [0, 0.05) is 19.2 Å². The second-order valence-electron chi connectivity index (χ2n) is 3.92. The van der Waals surface area contributed by atoms with Crippen molar-refractivity contribution in [3.8, 4) is 11.5 Å². The summed E-state index contributed by atoms with van der Waals surface area (Å²) in [5.74, 6) is 0.766. The zero-order valence-electron chi connectivity index (χ0n) is 11.7. The van der Waals surface area contributed by atoms with Crippen LogP contribution in [0.5, 0.6) is 11.5 Å². The van der Waals surface area contributed by atoms with Crippen molar-refractivity contribution in [2.75, 3.05) is 27.3 Å². The molecule has 5 nitrogen and oxygen atoms in total. The second kappa shape index (κ2) is 7.12. The summed E-state index contributed by atoms with van der Waals surface area (Å²) >= 11 is 0. The van der Waals surface area contributed by atoms with Gasteiger partial charge in [-0.15, -0.1) is 13.2 Å². The summed E-state index contributed by atoms with van der Waals surface area (Å²) in [5.41, 5.74) is 0. The van der Waals surface area contributed by atoms with Crippen LogP contribution < -0.4 is 9.47 Å². The Kier molecular flexibility index (Phi) is 5.79.